The maximum atomic E-state index is 2.78. The second-order valence-corrected chi connectivity index (χ2v) is 24.4. The van der Waals surface area contributed by atoms with Crippen LogP contribution in [0.3, 0.4) is 0 Å². The van der Waals surface area contributed by atoms with E-state index in [-0.39, 0.29) is 33.9 Å². The molecule has 8 aromatic rings. The lowest BCUT2D eigenvalue weighted by molar-refractivity contribution is 0.588. The number of hydrogen-bond acceptors (Lipinski definition) is 2. The average Bonchev–Trinajstić information content (AvgIpc) is 3.73. The van der Waals surface area contributed by atoms with Gasteiger partial charge in [0.25, 0.3) is 0 Å². The van der Waals surface area contributed by atoms with E-state index in [1.54, 1.807) is 0 Å². The highest BCUT2D eigenvalue weighted by Crippen LogP contribution is 2.57. The largest absolute Gasteiger partial charge is 0.376 e. The molecule has 0 bridgehead atoms. The average molecular weight is 876 g/mol. The van der Waals surface area contributed by atoms with Gasteiger partial charge >= 0.3 is 6.85 Å². The highest BCUT2D eigenvalue weighted by Gasteiger charge is 2.52. The molecule has 0 unspecified atom stereocenters. The second kappa shape index (κ2) is 14.4. The van der Waals surface area contributed by atoms with Crippen molar-refractivity contribution < 1.29 is 0 Å². The normalized spacial score (nSPS) is 15.3. The summed E-state index contributed by atoms with van der Waals surface area (Å²) in [7, 11) is 0. The molecule has 7 aromatic carbocycles. The van der Waals surface area contributed by atoms with E-state index >= 15 is 0 Å². The highest BCUT2D eigenvalue weighted by molar-refractivity contribution is 6.94. The van der Waals surface area contributed by atoms with Gasteiger partial charge in [-0.2, -0.15) is 0 Å². The zero-order chi connectivity index (χ0) is 47.3. The Labute approximate surface area is 400 Å². The Morgan fingerprint density at radius 2 is 1.03 bits per heavy atom. The van der Waals surface area contributed by atoms with E-state index in [1.807, 2.05) is 0 Å². The molecule has 0 N–H and O–H groups in total. The summed E-state index contributed by atoms with van der Waals surface area (Å²) in [6.45, 7) is 33.2. The summed E-state index contributed by atoms with van der Waals surface area (Å²) in [5.41, 5.74) is 23.2. The molecule has 336 valence electrons. The molecule has 0 amide bonds. The van der Waals surface area contributed by atoms with Crippen molar-refractivity contribution in [2.75, 3.05) is 9.71 Å². The van der Waals surface area contributed by atoms with Crippen LogP contribution in [0.4, 0.5) is 22.7 Å². The lowest BCUT2D eigenvalue weighted by Crippen LogP contribution is -2.62. The van der Waals surface area contributed by atoms with Crippen molar-refractivity contribution in [3.05, 3.63) is 185 Å². The first kappa shape index (κ1) is 43.3. The Bertz CT molecular complexity index is 3300. The van der Waals surface area contributed by atoms with Gasteiger partial charge in [-0.25, -0.2) is 0 Å². The molecule has 3 nitrogen and oxygen atoms in total. The summed E-state index contributed by atoms with van der Waals surface area (Å²) in [5.74, 6) is 0. The van der Waals surface area contributed by atoms with Crippen molar-refractivity contribution in [3.63, 3.8) is 0 Å². The molecule has 0 fully saturated rings. The van der Waals surface area contributed by atoms with Gasteiger partial charge in [-0.3, -0.25) is 0 Å². The molecule has 3 aliphatic rings. The van der Waals surface area contributed by atoms with Crippen molar-refractivity contribution in [1.29, 1.82) is 0 Å². The first-order valence-corrected chi connectivity index (χ1v) is 24.6. The minimum Gasteiger partial charge on any atom is -0.376 e. The Hall–Kier alpha value is -6.26. The van der Waals surface area contributed by atoms with E-state index in [0.29, 0.717) is 0 Å². The molecule has 4 heteroatoms. The molecule has 0 saturated carbocycles. The fourth-order valence-corrected chi connectivity index (χ4v) is 11.5. The second-order valence-electron chi connectivity index (χ2n) is 24.4. The molecule has 2 aliphatic heterocycles. The lowest BCUT2D eigenvalue weighted by Gasteiger charge is -2.44. The number of benzene rings is 7. The minimum atomic E-state index is -0.255. The molecule has 67 heavy (non-hydrogen) atoms. The number of para-hydroxylation sites is 2. The van der Waals surface area contributed by atoms with E-state index < -0.39 is 0 Å². The molecular weight excluding hydrogens is 810 g/mol. The van der Waals surface area contributed by atoms with E-state index in [9.17, 15) is 0 Å². The summed E-state index contributed by atoms with van der Waals surface area (Å²) in [4.78, 5) is 5.19. The van der Waals surface area contributed by atoms with E-state index in [4.69, 9.17) is 0 Å². The standard InChI is InChI=1S/C63H66BN3/c1-59(2,3)39-25-28-45(29-26-39)67-58-49-33-40(60(4,5)6)27-31-51(49)63(13,14)55(58)50-35-42(62(10,11)12)37-54-56(50)64(67)52-36-41(61(7,8)9)34-48-47-38-46(30-32-53(47)66(54)57(48)52)65(43-21-17-15-18-22-43)44-23-19-16-20-24-44/h15-38H,1-14H3. The third kappa shape index (κ3) is 6.60. The predicted octanol–water partition coefficient (Wildman–Crippen LogP) is 15.5. The van der Waals surface area contributed by atoms with Crippen LogP contribution in [-0.4, -0.2) is 11.4 Å². The van der Waals surface area contributed by atoms with E-state index in [0.717, 1.165) is 17.1 Å². The number of aromatic nitrogens is 1. The van der Waals surface area contributed by atoms with E-state index in [2.05, 4.69) is 257 Å². The minimum absolute atomic E-state index is 0.00471. The van der Waals surface area contributed by atoms with Crippen LogP contribution in [0.15, 0.2) is 146 Å². The van der Waals surface area contributed by atoms with Crippen LogP contribution in [0.1, 0.15) is 136 Å². The van der Waals surface area contributed by atoms with Crippen LogP contribution in [0.25, 0.3) is 38.8 Å². The smallest absolute Gasteiger partial charge is 0.333 e. The van der Waals surface area contributed by atoms with Gasteiger partial charge in [-0.1, -0.05) is 170 Å². The summed E-state index contributed by atoms with van der Waals surface area (Å²) in [6, 6.07) is 56.1. The van der Waals surface area contributed by atoms with E-state index in [1.165, 1.54) is 94.3 Å². The topological polar surface area (TPSA) is 11.4 Å². The Morgan fingerprint density at radius 3 is 1.61 bits per heavy atom. The van der Waals surface area contributed by atoms with Gasteiger partial charge in [0.2, 0.25) is 0 Å². The number of rotatable bonds is 4. The quantitative estimate of drug-likeness (QED) is 0.163. The Morgan fingerprint density at radius 1 is 0.478 bits per heavy atom. The molecule has 1 aromatic heterocycles. The number of nitrogens with zero attached hydrogens (tertiary/aromatic N) is 3. The van der Waals surface area contributed by atoms with Crippen molar-refractivity contribution >= 4 is 73.6 Å². The first-order valence-electron chi connectivity index (χ1n) is 24.6. The Balaban J connectivity index is 1.29. The zero-order valence-corrected chi connectivity index (χ0v) is 42.3. The summed E-state index contributed by atoms with van der Waals surface area (Å²) >= 11 is 0. The molecule has 3 heterocycles. The van der Waals surface area contributed by atoms with Gasteiger partial charge in [0, 0.05) is 55.9 Å². The van der Waals surface area contributed by atoms with Gasteiger partial charge in [-0.15, -0.1) is 0 Å². The lowest BCUT2D eigenvalue weighted by atomic mass is 9.43. The van der Waals surface area contributed by atoms with Gasteiger partial charge in [-0.05, 0) is 144 Å². The molecule has 0 spiro atoms. The Kier molecular flexibility index (Phi) is 9.30. The van der Waals surface area contributed by atoms with Crippen molar-refractivity contribution in [2.24, 2.45) is 0 Å². The highest BCUT2D eigenvalue weighted by atomic mass is 15.1. The van der Waals surface area contributed by atoms with Crippen LogP contribution in [-0.2, 0) is 27.1 Å². The predicted molar refractivity (Wildman–Crippen MR) is 290 cm³/mol. The van der Waals surface area contributed by atoms with Gasteiger partial charge in [0.15, 0.2) is 0 Å². The number of anilines is 4. The molecule has 11 rings (SSSR count). The van der Waals surface area contributed by atoms with Crippen LogP contribution < -0.4 is 20.6 Å². The van der Waals surface area contributed by atoms with Crippen molar-refractivity contribution in [2.45, 2.75) is 124 Å². The summed E-state index contributed by atoms with van der Waals surface area (Å²) in [6.07, 6.45) is 0. The fourth-order valence-electron chi connectivity index (χ4n) is 11.5. The summed E-state index contributed by atoms with van der Waals surface area (Å²) in [5, 5.41) is 2.58. The molecule has 0 radical (unpaired) electrons. The van der Waals surface area contributed by atoms with Crippen molar-refractivity contribution in [1.82, 2.24) is 4.57 Å². The fraction of sp³-hybridized carbons (Fsp3) is 0.302. The zero-order valence-electron chi connectivity index (χ0n) is 42.3. The monoisotopic (exact) mass is 876 g/mol. The third-order valence-corrected chi connectivity index (χ3v) is 15.3. The number of allylic oxidation sites excluding steroid dienone is 1. The van der Waals surface area contributed by atoms with Crippen LogP contribution in [0, 0.1) is 0 Å². The van der Waals surface area contributed by atoms with Crippen LogP contribution in [0.2, 0.25) is 0 Å². The van der Waals surface area contributed by atoms with Gasteiger partial charge < -0.3 is 14.3 Å². The SMILES string of the molecule is CC(C)(C)c1ccc(N2B3c4c(cc(C(C)(C)C)cc4-n4c5ccc(N(c6ccccc6)c6ccccc6)cc5c5cc(C(C)(C)C)cc3c54)C3=C2c2cc(C(C)(C)C)ccc2C3(C)C)cc1. The summed E-state index contributed by atoms with van der Waals surface area (Å²) < 4.78 is 2.66. The maximum absolute atomic E-state index is 2.78. The van der Waals surface area contributed by atoms with Gasteiger partial charge in [0.05, 0.1) is 11.0 Å². The number of fused-ring (bicyclic) bond motifs is 8. The molecule has 1 aliphatic carbocycles. The first-order chi connectivity index (χ1) is 31.5. The maximum Gasteiger partial charge on any atom is 0.333 e. The van der Waals surface area contributed by atoms with Gasteiger partial charge in [0.1, 0.15) is 0 Å². The molecule has 0 atom stereocenters. The van der Waals surface area contributed by atoms with Crippen LogP contribution >= 0.6 is 0 Å². The molecular formula is C63H66BN3. The van der Waals surface area contributed by atoms with Crippen LogP contribution in [0.5, 0.6) is 0 Å². The van der Waals surface area contributed by atoms with Crippen molar-refractivity contribution in [3.8, 4) is 5.69 Å². The number of hydrogen-bond donors (Lipinski definition) is 0. The third-order valence-electron chi connectivity index (χ3n) is 15.3. The molecule has 0 saturated heterocycles.